The zero-order chi connectivity index (χ0) is 20.4. The molecule has 2 N–H and O–H groups in total. The second-order valence-electron chi connectivity index (χ2n) is 6.45. The number of carbonyl (C=O) groups excluding carboxylic acids is 3. The van der Waals surface area contributed by atoms with E-state index >= 15 is 0 Å². The number of hydrogen-bond donors (Lipinski definition) is 2. The van der Waals surface area contributed by atoms with E-state index in [1.165, 1.54) is 4.90 Å². The molecule has 0 fully saturated rings. The van der Waals surface area contributed by atoms with E-state index in [0.29, 0.717) is 0 Å². The third-order valence-electron chi connectivity index (χ3n) is 4.02. The summed E-state index contributed by atoms with van der Waals surface area (Å²) in [6.07, 6.45) is -0.414. The number of alkyl carbamates (subject to hydrolysis) is 1. The lowest BCUT2D eigenvalue weighted by Crippen LogP contribution is -2.50. The Balaban J connectivity index is 1.97. The topological polar surface area (TPSA) is 87.7 Å². The van der Waals surface area contributed by atoms with Gasteiger partial charge < -0.3 is 20.3 Å². The minimum atomic E-state index is -0.861. The number of rotatable bonds is 8. The molecule has 2 aromatic carbocycles. The molecule has 148 valence electrons. The maximum atomic E-state index is 12.5. The largest absolute Gasteiger partial charge is 0.445 e. The summed E-state index contributed by atoms with van der Waals surface area (Å²) in [5.41, 5.74) is 1.73. The molecular formula is C21H25N3O4. The molecule has 0 bridgehead atoms. The first kappa shape index (κ1) is 21.0. The van der Waals surface area contributed by atoms with Crippen LogP contribution in [0.4, 0.5) is 4.79 Å². The van der Waals surface area contributed by atoms with E-state index in [4.69, 9.17) is 4.74 Å². The van der Waals surface area contributed by atoms with E-state index in [9.17, 15) is 14.4 Å². The Morgan fingerprint density at radius 3 is 2.07 bits per heavy atom. The standard InChI is InChI=1S/C21H25N3O4/c1-24(2)19(25)14-22-20(26)18(13-16-9-5-3-6-10-16)23-21(27)28-15-17-11-7-4-8-12-17/h3-12,18H,13-15H2,1-2H3,(H,22,26)(H,23,27)/t18-/m0/s1. The van der Waals surface area contributed by atoms with Crippen molar-refractivity contribution in [2.75, 3.05) is 20.6 Å². The van der Waals surface area contributed by atoms with Gasteiger partial charge in [-0.1, -0.05) is 60.7 Å². The van der Waals surface area contributed by atoms with Gasteiger partial charge in [0.05, 0.1) is 6.54 Å². The molecular weight excluding hydrogens is 358 g/mol. The van der Waals surface area contributed by atoms with E-state index in [2.05, 4.69) is 10.6 Å². The number of nitrogens with one attached hydrogen (secondary N) is 2. The van der Waals surface area contributed by atoms with Crippen LogP contribution in [0.5, 0.6) is 0 Å². The van der Waals surface area contributed by atoms with Gasteiger partial charge >= 0.3 is 6.09 Å². The summed E-state index contributed by atoms with van der Waals surface area (Å²) in [6.45, 7) is -0.0384. The Hall–Kier alpha value is -3.35. The average Bonchev–Trinajstić information content (AvgIpc) is 2.71. The van der Waals surface area contributed by atoms with Crippen LogP contribution in [0, 0.1) is 0 Å². The van der Waals surface area contributed by atoms with E-state index < -0.39 is 18.0 Å². The van der Waals surface area contributed by atoms with Crippen LogP contribution in [0.1, 0.15) is 11.1 Å². The third kappa shape index (κ3) is 7.11. The van der Waals surface area contributed by atoms with Gasteiger partial charge in [0.15, 0.2) is 0 Å². The van der Waals surface area contributed by atoms with Gasteiger partial charge in [0, 0.05) is 20.5 Å². The number of nitrogens with zero attached hydrogens (tertiary/aromatic N) is 1. The van der Waals surface area contributed by atoms with E-state index in [1.54, 1.807) is 14.1 Å². The van der Waals surface area contributed by atoms with Crippen molar-refractivity contribution in [2.24, 2.45) is 0 Å². The molecule has 2 rings (SSSR count). The molecule has 7 heteroatoms. The van der Waals surface area contributed by atoms with Crippen LogP contribution in [-0.4, -0.2) is 49.5 Å². The van der Waals surface area contributed by atoms with Crippen LogP contribution >= 0.6 is 0 Å². The Labute approximate surface area is 164 Å². The predicted molar refractivity (Wildman–Crippen MR) is 105 cm³/mol. The van der Waals surface area contributed by atoms with Crippen molar-refractivity contribution in [1.29, 1.82) is 0 Å². The smallest absolute Gasteiger partial charge is 0.408 e. The van der Waals surface area contributed by atoms with Gasteiger partial charge in [0.25, 0.3) is 0 Å². The molecule has 0 saturated carbocycles. The quantitative estimate of drug-likeness (QED) is 0.727. The van der Waals surface area contributed by atoms with Crippen molar-refractivity contribution in [3.63, 3.8) is 0 Å². The molecule has 0 aliphatic rings. The number of ether oxygens (including phenoxy) is 1. The van der Waals surface area contributed by atoms with Gasteiger partial charge in [-0.05, 0) is 11.1 Å². The molecule has 0 aliphatic carbocycles. The fourth-order valence-electron chi connectivity index (χ4n) is 2.41. The zero-order valence-electron chi connectivity index (χ0n) is 16.1. The summed E-state index contributed by atoms with van der Waals surface area (Å²) in [6, 6.07) is 17.7. The van der Waals surface area contributed by atoms with Crippen LogP contribution in [0.25, 0.3) is 0 Å². The van der Waals surface area contributed by atoms with Crippen molar-refractivity contribution >= 4 is 17.9 Å². The summed E-state index contributed by atoms with van der Waals surface area (Å²) >= 11 is 0. The first-order valence-electron chi connectivity index (χ1n) is 8.94. The molecule has 0 saturated heterocycles. The minimum absolute atomic E-state index is 0.103. The van der Waals surface area contributed by atoms with E-state index in [1.807, 2.05) is 60.7 Å². The molecule has 0 aromatic heterocycles. The highest BCUT2D eigenvalue weighted by atomic mass is 16.5. The average molecular weight is 383 g/mol. The number of benzene rings is 2. The summed E-state index contributed by atoms with van der Waals surface area (Å²) in [7, 11) is 3.21. The second kappa shape index (κ2) is 10.7. The van der Waals surface area contributed by atoms with Crippen molar-refractivity contribution in [2.45, 2.75) is 19.1 Å². The van der Waals surface area contributed by atoms with Crippen molar-refractivity contribution in [3.8, 4) is 0 Å². The third-order valence-corrected chi connectivity index (χ3v) is 4.02. The van der Waals surface area contributed by atoms with E-state index in [0.717, 1.165) is 11.1 Å². The van der Waals surface area contributed by atoms with Gasteiger partial charge in [-0.15, -0.1) is 0 Å². The summed E-state index contributed by atoms with van der Waals surface area (Å²) in [5, 5.41) is 5.15. The van der Waals surface area contributed by atoms with Crippen molar-refractivity contribution in [3.05, 3.63) is 71.8 Å². The lowest BCUT2D eigenvalue weighted by Gasteiger charge is -2.19. The van der Waals surface area contributed by atoms with Crippen molar-refractivity contribution in [1.82, 2.24) is 15.5 Å². The molecule has 0 spiro atoms. The molecule has 2 aromatic rings. The van der Waals surface area contributed by atoms with Gasteiger partial charge in [-0.2, -0.15) is 0 Å². The molecule has 0 radical (unpaired) electrons. The highest BCUT2D eigenvalue weighted by Crippen LogP contribution is 2.05. The maximum absolute atomic E-state index is 12.5. The van der Waals surface area contributed by atoms with Gasteiger partial charge in [0.1, 0.15) is 12.6 Å². The lowest BCUT2D eigenvalue weighted by molar-refractivity contribution is -0.131. The number of carbonyl (C=O) groups is 3. The molecule has 0 heterocycles. The summed E-state index contributed by atoms with van der Waals surface area (Å²) in [4.78, 5) is 37.8. The van der Waals surface area contributed by atoms with Crippen LogP contribution in [0.3, 0.4) is 0 Å². The molecule has 7 nitrogen and oxygen atoms in total. The second-order valence-corrected chi connectivity index (χ2v) is 6.45. The van der Waals surface area contributed by atoms with Gasteiger partial charge in [-0.3, -0.25) is 9.59 Å². The predicted octanol–water partition coefficient (Wildman–Crippen LogP) is 1.73. The molecule has 0 unspecified atom stereocenters. The summed E-state index contributed by atoms with van der Waals surface area (Å²) in [5.74, 6) is -0.686. The fraction of sp³-hybridized carbons (Fsp3) is 0.286. The molecule has 3 amide bonds. The molecule has 28 heavy (non-hydrogen) atoms. The maximum Gasteiger partial charge on any atom is 0.408 e. The Kier molecular flexibility index (Phi) is 8.02. The fourth-order valence-corrected chi connectivity index (χ4v) is 2.41. The first-order chi connectivity index (χ1) is 13.5. The molecule has 0 aliphatic heterocycles. The van der Waals surface area contributed by atoms with Crippen LogP contribution < -0.4 is 10.6 Å². The monoisotopic (exact) mass is 383 g/mol. The summed E-state index contributed by atoms with van der Waals surface area (Å²) < 4.78 is 5.21. The van der Waals surface area contributed by atoms with Crippen LogP contribution in [0.15, 0.2) is 60.7 Å². The SMILES string of the molecule is CN(C)C(=O)CNC(=O)[C@H](Cc1ccccc1)NC(=O)OCc1ccccc1. The Morgan fingerprint density at radius 2 is 1.50 bits per heavy atom. The first-order valence-corrected chi connectivity index (χ1v) is 8.94. The van der Waals surface area contributed by atoms with Crippen molar-refractivity contribution < 1.29 is 19.1 Å². The number of hydrogen-bond acceptors (Lipinski definition) is 4. The minimum Gasteiger partial charge on any atom is -0.445 e. The number of likely N-dealkylation sites (N-methyl/N-ethyl adjacent to an activating group) is 1. The van der Waals surface area contributed by atoms with E-state index in [-0.39, 0.29) is 25.5 Å². The van der Waals surface area contributed by atoms with Crippen LogP contribution in [0.2, 0.25) is 0 Å². The molecule has 1 atom stereocenters. The van der Waals surface area contributed by atoms with Gasteiger partial charge in [-0.25, -0.2) is 4.79 Å². The van der Waals surface area contributed by atoms with Crippen LogP contribution in [-0.2, 0) is 27.4 Å². The zero-order valence-corrected chi connectivity index (χ0v) is 16.1. The highest BCUT2D eigenvalue weighted by molar-refractivity contribution is 5.89. The van der Waals surface area contributed by atoms with Gasteiger partial charge in [0.2, 0.25) is 11.8 Å². The number of amides is 3. The lowest BCUT2D eigenvalue weighted by atomic mass is 10.1. The normalized spacial score (nSPS) is 11.2. The Morgan fingerprint density at radius 1 is 0.929 bits per heavy atom. The highest BCUT2D eigenvalue weighted by Gasteiger charge is 2.22. The Bertz CT molecular complexity index is 779.